The maximum atomic E-state index is 12.7. The summed E-state index contributed by atoms with van der Waals surface area (Å²) in [6.07, 6.45) is 1.85. The molecule has 0 heterocycles. The summed E-state index contributed by atoms with van der Waals surface area (Å²) in [5.41, 5.74) is 3.22. The molecule has 2 aromatic rings. The van der Waals surface area contributed by atoms with Gasteiger partial charge >= 0.3 is 0 Å². The maximum absolute atomic E-state index is 12.7. The molecule has 0 bridgehead atoms. The Morgan fingerprint density at radius 1 is 0.955 bits per heavy atom. The summed E-state index contributed by atoms with van der Waals surface area (Å²) in [5, 5.41) is 3.14. The second-order valence-corrected chi connectivity index (χ2v) is 5.76. The summed E-state index contributed by atoms with van der Waals surface area (Å²) in [7, 11) is 0. The summed E-state index contributed by atoms with van der Waals surface area (Å²) in [4.78, 5) is 12.7. The SMILES string of the molecule is CC[C@H](C)c1ccccc1NC(=O)[C@H](CC)c1ccccc1. The maximum Gasteiger partial charge on any atom is 0.231 e. The van der Waals surface area contributed by atoms with Gasteiger partial charge in [-0.15, -0.1) is 0 Å². The second kappa shape index (κ2) is 7.79. The lowest BCUT2D eigenvalue weighted by Crippen LogP contribution is -2.21. The van der Waals surface area contributed by atoms with Crippen molar-refractivity contribution in [2.24, 2.45) is 0 Å². The summed E-state index contributed by atoms with van der Waals surface area (Å²) in [6, 6.07) is 18.1. The Morgan fingerprint density at radius 3 is 2.23 bits per heavy atom. The lowest BCUT2D eigenvalue weighted by molar-refractivity contribution is -0.117. The molecule has 2 aromatic carbocycles. The topological polar surface area (TPSA) is 29.1 Å². The Morgan fingerprint density at radius 2 is 1.59 bits per heavy atom. The molecule has 0 saturated carbocycles. The third-order valence-electron chi connectivity index (χ3n) is 4.29. The highest BCUT2D eigenvalue weighted by molar-refractivity contribution is 5.96. The number of nitrogens with one attached hydrogen (secondary N) is 1. The van der Waals surface area contributed by atoms with Gasteiger partial charge in [-0.1, -0.05) is 69.3 Å². The van der Waals surface area contributed by atoms with E-state index in [1.54, 1.807) is 0 Å². The van der Waals surface area contributed by atoms with Crippen LogP contribution in [0.4, 0.5) is 5.69 Å². The van der Waals surface area contributed by atoms with Crippen LogP contribution >= 0.6 is 0 Å². The number of anilines is 1. The third kappa shape index (κ3) is 3.76. The Hall–Kier alpha value is -2.09. The van der Waals surface area contributed by atoms with Crippen LogP contribution in [0.25, 0.3) is 0 Å². The first-order valence-electron chi connectivity index (χ1n) is 8.12. The first-order valence-corrected chi connectivity index (χ1v) is 8.12. The molecule has 0 aromatic heterocycles. The van der Waals surface area contributed by atoms with E-state index in [-0.39, 0.29) is 11.8 Å². The van der Waals surface area contributed by atoms with Crippen LogP contribution in [0.5, 0.6) is 0 Å². The molecule has 0 spiro atoms. The van der Waals surface area contributed by atoms with Crippen LogP contribution < -0.4 is 5.32 Å². The van der Waals surface area contributed by atoms with E-state index in [1.165, 1.54) is 5.56 Å². The van der Waals surface area contributed by atoms with Gasteiger partial charge in [-0.05, 0) is 36.0 Å². The minimum atomic E-state index is -0.105. The lowest BCUT2D eigenvalue weighted by atomic mass is 9.94. The predicted molar refractivity (Wildman–Crippen MR) is 93.3 cm³/mol. The summed E-state index contributed by atoms with van der Waals surface area (Å²) in [5.74, 6) is 0.406. The van der Waals surface area contributed by atoms with Crippen LogP contribution in [0, 0.1) is 0 Å². The second-order valence-electron chi connectivity index (χ2n) is 5.76. The van der Waals surface area contributed by atoms with Crippen LogP contribution in [0.2, 0.25) is 0 Å². The van der Waals surface area contributed by atoms with Gasteiger partial charge in [-0.2, -0.15) is 0 Å². The third-order valence-corrected chi connectivity index (χ3v) is 4.29. The van der Waals surface area contributed by atoms with Crippen molar-refractivity contribution in [1.29, 1.82) is 0 Å². The molecule has 22 heavy (non-hydrogen) atoms. The fourth-order valence-electron chi connectivity index (χ4n) is 2.74. The summed E-state index contributed by atoms with van der Waals surface area (Å²) in [6.45, 7) is 6.42. The van der Waals surface area contributed by atoms with Gasteiger partial charge in [0.05, 0.1) is 5.92 Å². The number of carbonyl (C=O) groups excluding carboxylic acids is 1. The van der Waals surface area contributed by atoms with Crippen LogP contribution in [0.1, 0.15) is 56.6 Å². The van der Waals surface area contributed by atoms with Gasteiger partial charge in [0.1, 0.15) is 0 Å². The molecule has 2 rings (SSSR count). The number of amides is 1. The van der Waals surface area contributed by atoms with E-state index in [0.29, 0.717) is 5.92 Å². The van der Waals surface area contributed by atoms with Crippen molar-refractivity contribution in [2.45, 2.75) is 45.4 Å². The van der Waals surface area contributed by atoms with Gasteiger partial charge in [-0.3, -0.25) is 4.79 Å². The molecule has 1 N–H and O–H groups in total. The van der Waals surface area contributed by atoms with Crippen molar-refractivity contribution in [2.75, 3.05) is 5.32 Å². The van der Waals surface area contributed by atoms with Gasteiger partial charge in [0.25, 0.3) is 0 Å². The highest BCUT2D eigenvalue weighted by Gasteiger charge is 2.20. The van der Waals surface area contributed by atoms with Crippen molar-refractivity contribution in [3.8, 4) is 0 Å². The van der Waals surface area contributed by atoms with E-state index < -0.39 is 0 Å². The lowest BCUT2D eigenvalue weighted by Gasteiger charge is -2.19. The number of para-hydroxylation sites is 1. The van der Waals surface area contributed by atoms with Crippen molar-refractivity contribution in [3.63, 3.8) is 0 Å². The largest absolute Gasteiger partial charge is 0.325 e. The molecular formula is C20H25NO. The molecule has 0 aliphatic rings. The summed E-state index contributed by atoms with van der Waals surface area (Å²) >= 11 is 0. The zero-order chi connectivity index (χ0) is 15.9. The van der Waals surface area contributed by atoms with Crippen molar-refractivity contribution >= 4 is 11.6 Å². The fourth-order valence-corrected chi connectivity index (χ4v) is 2.74. The molecule has 2 nitrogen and oxygen atoms in total. The first kappa shape index (κ1) is 16.3. The summed E-state index contributed by atoms with van der Waals surface area (Å²) < 4.78 is 0. The fraction of sp³-hybridized carbons (Fsp3) is 0.350. The van der Waals surface area contributed by atoms with Crippen LogP contribution in [0.3, 0.4) is 0 Å². The Labute approximate surface area is 133 Å². The average molecular weight is 295 g/mol. The quantitative estimate of drug-likeness (QED) is 0.766. The molecule has 0 radical (unpaired) electrons. The number of hydrogen-bond acceptors (Lipinski definition) is 1. The zero-order valence-corrected chi connectivity index (χ0v) is 13.7. The standard InChI is InChI=1S/C20H25NO/c1-4-15(3)18-13-9-10-14-19(18)21-20(22)17(5-2)16-11-7-6-8-12-16/h6-15,17H,4-5H2,1-3H3,(H,21,22)/t15-,17+/m0/s1. The van der Waals surface area contributed by atoms with Crippen LogP contribution in [0.15, 0.2) is 54.6 Å². The number of hydrogen-bond donors (Lipinski definition) is 1. The monoisotopic (exact) mass is 295 g/mol. The van der Waals surface area contributed by atoms with Crippen molar-refractivity contribution < 1.29 is 4.79 Å². The molecular weight excluding hydrogens is 270 g/mol. The van der Waals surface area contributed by atoms with Crippen molar-refractivity contribution in [1.82, 2.24) is 0 Å². The first-order chi connectivity index (χ1) is 10.7. The van der Waals surface area contributed by atoms with Gasteiger partial charge in [0.15, 0.2) is 0 Å². The Kier molecular flexibility index (Phi) is 5.76. The van der Waals surface area contributed by atoms with Crippen LogP contribution in [-0.2, 0) is 4.79 Å². The number of carbonyl (C=O) groups is 1. The number of benzene rings is 2. The van der Waals surface area contributed by atoms with E-state index in [1.807, 2.05) is 48.5 Å². The Bertz CT molecular complexity index is 606. The van der Waals surface area contributed by atoms with E-state index in [2.05, 4.69) is 32.2 Å². The van der Waals surface area contributed by atoms with Crippen LogP contribution in [-0.4, -0.2) is 5.91 Å². The van der Waals surface area contributed by atoms with Gasteiger partial charge in [-0.25, -0.2) is 0 Å². The van der Waals surface area contributed by atoms with E-state index >= 15 is 0 Å². The molecule has 2 atom stereocenters. The van der Waals surface area contributed by atoms with E-state index in [0.717, 1.165) is 24.1 Å². The highest BCUT2D eigenvalue weighted by atomic mass is 16.1. The molecule has 0 fully saturated rings. The molecule has 0 aliphatic heterocycles. The van der Waals surface area contributed by atoms with Gasteiger partial charge in [0.2, 0.25) is 5.91 Å². The van der Waals surface area contributed by atoms with E-state index in [9.17, 15) is 4.79 Å². The highest BCUT2D eigenvalue weighted by Crippen LogP contribution is 2.28. The molecule has 1 amide bonds. The zero-order valence-electron chi connectivity index (χ0n) is 13.7. The smallest absolute Gasteiger partial charge is 0.231 e. The van der Waals surface area contributed by atoms with Gasteiger partial charge < -0.3 is 5.32 Å². The molecule has 2 heteroatoms. The average Bonchev–Trinajstić information content (AvgIpc) is 2.56. The normalized spacial score (nSPS) is 13.4. The molecule has 0 aliphatic carbocycles. The Balaban J connectivity index is 2.21. The minimum Gasteiger partial charge on any atom is -0.325 e. The molecule has 116 valence electrons. The molecule has 0 unspecified atom stereocenters. The molecule has 0 saturated heterocycles. The van der Waals surface area contributed by atoms with Crippen molar-refractivity contribution in [3.05, 3.63) is 65.7 Å². The predicted octanol–water partition coefficient (Wildman–Crippen LogP) is 5.33. The van der Waals surface area contributed by atoms with E-state index in [4.69, 9.17) is 0 Å². The minimum absolute atomic E-state index is 0.0736. The number of rotatable bonds is 6. The van der Waals surface area contributed by atoms with Gasteiger partial charge in [0, 0.05) is 5.69 Å².